The molecule has 1 heterocycles. The Kier molecular flexibility index (Phi) is 9.73. The van der Waals surface area contributed by atoms with E-state index in [4.69, 9.17) is 4.98 Å². The Hall–Kier alpha value is -1.91. The number of rotatable bonds is 11. The van der Waals surface area contributed by atoms with Crippen molar-refractivity contribution in [2.24, 2.45) is 0 Å². The lowest BCUT2D eigenvalue weighted by atomic mass is 10.2. The van der Waals surface area contributed by atoms with Gasteiger partial charge in [-0.1, -0.05) is 19.4 Å². The first-order valence-corrected chi connectivity index (χ1v) is 9.11. The van der Waals surface area contributed by atoms with Gasteiger partial charge in [0.1, 0.15) is 13.1 Å². The first kappa shape index (κ1) is 20.1. The van der Waals surface area contributed by atoms with Crippen LogP contribution in [0.3, 0.4) is 0 Å². The maximum atomic E-state index is 4.85. The topological polar surface area (TPSA) is 34.2 Å². The summed E-state index contributed by atoms with van der Waals surface area (Å²) in [7, 11) is 4.05. The number of nitrogens with zero attached hydrogens (tertiary/aromatic N) is 4. The second-order valence-corrected chi connectivity index (χ2v) is 6.11. The van der Waals surface area contributed by atoms with E-state index in [1.165, 1.54) is 12.8 Å². The van der Waals surface area contributed by atoms with Crippen molar-refractivity contribution in [3.8, 4) is 0 Å². The second-order valence-electron chi connectivity index (χ2n) is 6.11. The SMILES string of the molecule is CCCC/[N+](=C\NC)Cc1cccc(C/[N+](=C/N(C)CC)CC)n1. The highest BCUT2D eigenvalue weighted by atomic mass is 15.2. The highest BCUT2D eigenvalue weighted by Crippen LogP contribution is 2.03. The van der Waals surface area contributed by atoms with Crippen LogP contribution in [-0.4, -0.2) is 65.4 Å². The van der Waals surface area contributed by atoms with Crippen LogP contribution in [0.5, 0.6) is 0 Å². The van der Waals surface area contributed by atoms with Crippen molar-refractivity contribution in [2.75, 3.05) is 33.7 Å². The summed E-state index contributed by atoms with van der Waals surface area (Å²) < 4.78 is 4.59. The van der Waals surface area contributed by atoms with Crippen LogP contribution in [-0.2, 0) is 13.1 Å². The third-order valence-corrected chi connectivity index (χ3v) is 3.97. The van der Waals surface area contributed by atoms with Crippen molar-refractivity contribution in [3.63, 3.8) is 0 Å². The number of pyridine rings is 1. The van der Waals surface area contributed by atoms with Crippen molar-refractivity contribution in [1.82, 2.24) is 15.2 Å². The lowest BCUT2D eigenvalue weighted by Gasteiger charge is -2.10. The molecule has 0 saturated heterocycles. The molecule has 0 amide bonds. The molecule has 0 bridgehead atoms. The number of hydrogen-bond acceptors (Lipinski definition) is 1. The normalized spacial score (nSPS) is 12.4. The molecule has 24 heavy (non-hydrogen) atoms. The fourth-order valence-corrected chi connectivity index (χ4v) is 2.45. The van der Waals surface area contributed by atoms with Gasteiger partial charge in [-0.2, -0.15) is 0 Å². The summed E-state index contributed by atoms with van der Waals surface area (Å²) in [5, 5.41) is 3.14. The van der Waals surface area contributed by atoms with Crippen molar-refractivity contribution in [3.05, 3.63) is 29.6 Å². The minimum Gasteiger partial charge on any atom is -0.284 e. The van der Waals surface area contributed by atoms with Gasteiger partial charge in [-0.3, -0.25) is 19.4 Å². The molecular weight excluding hydrogens is 298 g/mol. The second kappa shape index (κ2) is 11.6. The van der Waals surface area contributed by atoms with E-state index in [-0.39, 0.29) is 0 Å². The van der Waals surface area contributed by atoms with Gasteiger partial charge in [0, 0.05) is 0 Å². The van der Waals surface area contributed by atoms with Gasteiger partial charge in [0.05, 0.1) is 45.1 Å². The van der Waals surface area contributed by atoms with Crippen LogP contribution in [0.25, 0.3) is 0 Å². The summed E-state index contributed by atoms with van der Waals surface area (Å²) in [5.41, 5.74) is 2.24. The standard InChI is InChI=1S/C19H34N5/c1-6-9-13-24(16-20-4)15-19-12-10-11-18(21-19)14-23(8-3)17-22(5)7-2/h10-12,16-17H,6-9,13-15H2,1-5H3/q+1/p+1. The fourth-order valence-electron chi connectivity index (χ4n) is 2.45. The molecule has 1 aromatic heterocycles. The molecule has 0 saturated carbocycles. The Balaban J connectivity index is 2.81. The minimum atomic E-state index is 0.847. The van der Waals surface area contributed by atoms with Gasteiger partial charge in [0.25, 0.3) is 0 Å². The average Bonchev–Trinajstić information content (AvgIpc) is 2.59. The molecule has 0 fully saturated rings. The van der Waals surface area contributed by atoms with Crippen LogP contribution in [0.2, 0.25) is 0 Å². The van der Waals surface area contributed by atoms with Gasteiger partial charge in [0.15, 0.2) is 0 Å². The Morgan fingerprint density at radius 3 is 2.33 bits per heavy atom. The van der Waals surface area contributed by atoms with E-state index < -0.39 is 0 Å². The van der Waals surface area contributed by atoms with E-state index in [1.807, 2.05) is 13.4 Å². The third-order valence-electron chi connectivity index (χ3n) is 3.97. The first-order chi connectivity index (χ1) is 11.6. The van der Waals surface area contributed by atoms with Crippen LogP contribution < -0.4 is 5.32 Å². The van der Waals surface area contributed by atoms with Crippen LogP contribution in [0, 0.1) is 0 Å². The molecule has 0 aromatic carbocycles. The highest BCUT2D eigenvalue weighted by molar-refractivity contribution is 5.48. The van der Waals surface area contributed by atoms with Crippen LogP contribution in [0.15, 0.2) is 18.2 Å². The number of aromatic nitrogens is 1. The summed E-state index contributed by atoms with van der Waals surface area (Å²) >= 11 is 0. The molecule has 1 rings (SSSR count). The average molecular weight is 334 g/mol. The minimum absolute atomic E-state index is 0.847. The molecule has 1 N–H and O–H groups in total. The Morgan fingerprint density at radius 1 is 1.12 bits per heavy atom. The molecule has 0 aliphatic carbocycles. The maximum absolute atomic E-state index is 4.85. The highest BCUT2D eigenvalue weighted by Gasteiger charge is 2.07. The molecule has 5 nitrogen and oxygen atoms in total. The first-order valence-electron chi connectivity index (χ1n) is 9.11. The lowest BCUT2D eigenvalue weighted by Crippen LogP contribution is -2.25. The molecule has 0 aliphatic rings. The van der Waals surface area contributed by atoms with Crippen molar-refractivity contribution in [1.29, 1.82) is 0 Å². The van der Waals surface area contributed by atoms with Gasteiger partial charge < -0.3 is 0 Å². The summed E-state index contributed by atoms with van der Waals surface area (Å²) in [4.78, 5) is 7.05. The third kappa shape index (κ3) is 7.57. The van der Waals surface area contributed by atoms with Crippen LogP contribution in [0.4, 0.5) is 0 Å². The molecule has 5 heteroatoms. The Labute approximate surface area is 147 Å². The van der Waals surface area contributed by atoms with E-state index in [0.717, 1.165) is 44.1 Å². The van der Waals surface area contributed by atoms with Crippen LogP contribution >= 0.6 is 0 Å². The van der Waals surface area contributed by atoms with Gasteiger partial charge in [-0.05, 0) is 32.4 Å². The number of nitrogens with one attached hydrogen (secondary N) is 1. The molecule has 0 radical (unpaired) electrons. The van der Waals surface area contributed by atoms with E-state index in [2.05, 4.69) is 71.7 Å². The van der Waals surface area contributed by atoms with Gasteiger partial charge in [-0.15, -0.1) is 0 Å². The van der Waals surface area contributed by atoms with Crippen molar-refractivity contribution >= 4 is 12.7 Å². The predicted octanol–water partition coefficient (Wildman–Crippen LogP) is 2.15. The van der Waals surface area contributed by atoms with E-state index in [1.54, 1.807) is 0 Å². The quantitative estimate of drug-likeness (QED) is 0.383. The zero-order valence-electron chi connectivity index (χ0n) is 16.1. The molecule has 134 valence electrons. The predicted molar refractivity (Wildman–Crippen MR) is 102 cm³/mol. The largest absolute Gasteiger partial charge is 0.284 e. The van der Waals surface area contributed by atoms with Gasteiger partial charge in [-0.25, -0.2) is 4.98 Å². The molecule has 0 atom stereocenters. The van der Waals surface area contributed by atoms with E-state index in [0.29, 0.717) is 0 Å². The van der Waals surface area contributed by atoms with E-state index in [9.17, 15) is 0 Å². The summed E-state index contributed by atoms with van der Waals surface area (Å²) in [6, 6.07) is 6.35. The van der Waals surface area contributed by atoms with Crippen LogP contribution in [0.1, 0.15) is 45.0 Å². The summed E-state index contributed by atoms with van der Waals surface area (Å²) in [5.74, 6) is 0. The molecule has 0 spiro atoms. The van der Waals surface area contributed by atoms with Crippen molar-refractivity contribution < 1.29 is 9.15 Å². The van der Waals surface area contributed by atoms with Gasteiger partial charge in [0.2, 0.25) is 12.7 Å². The van der Waals surface area contributed by atoms with Gasteiger partial charge >= 0.3 is 0 Å². The smallest absolute Gasteiger partial charge is 0.234 e. The fraction of sp³-hybridized carbons (Fsp3) is 0.632. The zero-order chi connectivity index (χ0) is 17.8. The molecule has 0 aliphatic heterocycles. The molecular formula is C19H35N5+2. The molecule has 1 aromatic rings. The molecule has 0 unspecified atom stereocenters. The zero-order valence-corrected chi connectivity index (χ0v) is 16.1. The van der Waals surface area contributed by atoms with E-state index >= 15 is 0 Å². The van der Waals surface area contributed by atoms with Crippen molar-refractivity contribution in [2.45, 2.75) is 46.7 Å². The Morgan fingerprint density at radius 2 is 1.79 bits per heavy atom. The lowest BCUT2D eigenvalue weighted by molar-refractivity contribution is -0.543. The number of hydrogen-bond donors (Lipinski definition) is 1. The number of unbranched alkanes of at least 4 members (excludes halogenated alkanes) is 1. The summed E-state index contributed by atoms with van der Waals surface area (Å²) in [6.07, 6.45) is 6.62. The maximum Gasteiger partial charge on any atom is 0.234 e. The summed E-state index contributed by atoms with van der Waals surface area (Å²) in [6.45, 7) is 11.3. The monoisotopic (exact) mass is 333 g/mol. The Bertz CT molecular complexity index is 536.